The molecule has 1 unspecified atom stereocenters. The van der Waals surface area contributed by atoms with E-state index in [1.165, 1.54) is 24.8 Å². The van der Waals surface area contributed by atoms with Crippen LogP contribution in [-0.2, 0) is 0 Å². The summed E-state index contributed by atoms with van der Waals surface area (Å²) in [6.45, 7) is 2.22. The molecule has 0 spiro atoms. The lowest BCUT2D eigenvalue weighted by Crippen LogP contribution is -2.10. The third-order valence-electron chi connectivity index (χ3n) is 3.50. The van der Waals surface area contributed by atoms with E-state index in [2.05, 4.69) is 36.5 Å². The Hall–Kier alpha value is -1.18. The first-order chi connectivity index (χ1) is 10.2. The van der Waals surface area contributed by atoms with Crippen LogP contribution in [-0.4, -0.2) is 0 Å². The molecule has 1 nitrogen and oxygen atoms in total. The number of rotatable bonds is 7. The van der Waals surface area contributed by atoms with Crippen molar-refractivity contribution in [3.05, 3.63) is 64.1 Å². The molecule has 0 fully saturated rings. The number of unbranched alkanes of at least 4 members (excludes halogenated alkanes) is 2. The molecule has 0 aliphatic heterocycles. The molecule has 2 rings (SSSR count). The Morgan fingerprint density at radius 2 is 1.62 bits per heavy atom. The topological polar surface area (TPSA) is 12.0 Å². The molecule has 1 N–H and O–H groups in total. The molecule has 112 valence electrons. The predicted octanol–water partition coefficient (Wildman–Crippen LogP) is 6.73. The van der Waals surface area contributed by atoms with Gasteiger partial charge in [-0.3, -0.25) is 0 Å². The highest BCUT2D eigenvalue weighted by Gasteiger charge is 2.11. The highest BCUT2D eigenvalue weighted by molar-refractivity contribution is 6.35. The molecular formula is C18H21Cl2N. The van der Waals surface area contributed by atoms with E-state index in [4.69, 9.17) is 23.2 Å². The number of benzene rings is 2. The van der Waals surface area contributed by atoms with Gasteiger partial charge in [0.15, 0.2) is 0 Å². The number of halogens is 2. The van der Waals surface area contributed by atoms with Crippen molar-refractivity contribution in [2.45, 2.75) is 38.6 Å². The summed E-state index contributed by atoms with van der Waals surface area (Å²) < 4.78 is 0. The van der Waals surface area contributed by atoms with Gasteiger partial charge in [0, 0.05) is 15.7 Å². The predicted molar refractivity (Wildman–Crippen MR) is 93.4 cm³/mol. The Balaban J connectivity index is 2.15. The molecule has 0 heterocycles. The van der Waals surface area contributed by atoms with Crippen LogP contribution in [0.2, 0.25) is 10.0 Å². The van der Waals surface area contributed by atoms with Gasteiger partial charge in [-0.15, -0.1) is 0 Å². The summed E-state index contributed by atoms with van der Waals surface area (Å²) in [5.74, 6) is 0. The van der Waals surface area contributed by atoms with Gasteiger partial charge in [-0.1, -0.05) is 79.7 Å². The van der Waals surface area contributed by atoms with Crippen LogP contribution in [0.3, 0.4) is 0 Å². The van der Waals surface area contributed by atoms with E-state index >= 15 is 0 Å². The zero-order chi connectivity index (χ0) is 15.1. The van der Waals surface area contributed by atoms with E-state index in [9.17, 15) is 0 Å². The van der Waals surface area contributed by atoms with Crippen molar-refractivity contribution in [3.63, 3.8) is 0 Å². The first-order valence-electron chi connectivity index (χ1n) is 7.46. The lowest BCUT2D eigenvalue weighted by Gasteiger charge is -2.21. The van der Waals surface area contributed by atoms with Crippen LogP contribution in [0, 0.1) is 0 Å². The second-order valence-electron chi connectivity index (χ2n) is 5.26. The highest BCUT2D eigenvalue weighted by atomic mass is 35.5. The molecule has 0 aliphatic carbocycles. The smallest absolute Gasteiger partial charge is 0.0513 e. The van der Waals surface area contributed by atoms with Crippen molar-refractivity contribution >= 4 is 28.9 Å². The Morgan fingerprint density at radius 1 is 0.952 bits per heavy atom. The Labute approximate surface area is 137 Å². The molecule has 0 amide bonds. The van der Waals surface area contributed by atoms with Crippen molar-refractivity contribution in [3.8, 4) is 0 Å². The fourth-order valence-electron chi connectivity index (χ4n) is 2.44. The van der Waals surface area contributed by atoms with Crippen LogP contribution in [0.5, 0.6) is 0 Å². The summed E-state index contributed by atoms with van der Waals surface area (Å²) in [5.41, 5.74) is 2.27. The van der Waals surface area contributed by atoms with Gasteiger partial charge in [-0.05, 0) is 30.2 Å². The minimum atomic E-state index is 0.285. The Morgan fingerprint density at radius 3 is 2.24 bits per heavy atom. The van der Waals surface area contributed by atoms with E-state index in [-0.39, 0.29) is 6.04 Å². The third-order valence-corrected chi connectivity index (χ3v) is 3.94. The molecule has 0 aliphatic rings. The molecule has 0 saturated carbocycles. The van der Waals surface area contributed by atoms with E-state index in [1.54, 1.807) is 6.07 Å². The quantitative estimate of drug-likeness (QED) is 0.557. The SMILES string of the molecule is CCCCCC(Nc1cc(Cl)cc(Cl)c1)c1ccccc1. The number of hydrogen-bond donors (Lipinski definition) is 1. The zero-order valence-corrected chi connectivity index (χ0v) is 13.8. The molecule has 0 bridgehead atoms. The van der Waals surface area contributed by atoms with Gasteiger partial charge in [-0.25, -0.2) is 0 Å². The van der Waals surface area contributed by atoms with Crippen molar-refractivity contribution in [2.24, 2.45) is 0 Å². The molecule has 0 saturated heterocycles. The van der Waals surface area contributed by atoms with Gasteiger partial charge in [0.1, 0.15) is 0 Å². The summed E-state index contributed by atoms with van der Waals surface area (Å²) in [5, 5.41) is 4.88. The van der Waals surface area contributed by atoms with Gasteiger partial charge in [0.2, 0.25) is 0 Å². The fraction of sp³-hybridized carbons (Fsp3) is 0.333. The van der Waals surface area contributed by atoms with Gasteiger partial charge >= 0.3 is 0 Å². The van der Waals surface area contributed by atoms with Gasteiger partial charge < -0.3 is 5.32 Å². The maximum Gasteiger partial charge on any atom is 0.0513 e. The number of nitrogens with one attached hydrogen (secondary N) is 1. The molecule has 2 aromatic carbocycles. The second-order valence-corrected chi connectivity index (χ2v) is 6.13. The van der Waals surface area contributed by atoms with Crippen LogP contribution in [0.1, 0.15) is 44.2 Å². The van der Waals surface area contributed by atoms with Gasteiger partial charge in [0.25, 0.3) is 0 Å². The summed E-state index contributed by atoms with van der Waals surface area (Å²) in [6.07, 6.45) is 4.78. The minimum absolute atomic E-state index is 0.285. The van der Waals surface area contributed by atoms with Crippen LogP contribution in [0.15, 0.2) is 48.5 Å². The largest absolute Gasteiger partial charge is 0.378 e. The Bertz CT molecular complexity index is 534. The minimum Gasteiger partial charge on any atom is -0.378 e. The second kappa shape index (κ2) is 8.31. The highest BCUT2D eigenvalue weighted by Crippen LogP contribution is 2.28. The zero-order valence-electron chi connectivity index (χ0n) is 12.3. The molecule has 3 heteroatoms. The van der Waals surface area contributed by atoms with E-state index in [1.807, 2.05) is 18.2 Å². The molecular weight excluding hydrogens is 301 g/mol. The van der Waals surface area contributed by atoms with Crippen LogP contribution >= 0.6 is 23.2 Å². The van der Waals surface area contributed by atoms with E-state index in [0.29, 0.717) is 10.0 Å². The number of anilines is 1. The number of hydrogen-bond acceptors (Lipinski definition) is 1. The molecule has 2 aromatic rings. The van der Waals surface area contributed by atoms with Crippen molar-refractivity contribution in [2.75, 3.05) is 5.32 Å². The molecule has 1 atom stereocenters. The van der Waals surface area contributed by atoms with Crippen molar-refractivity contribution in [1.82, 2.24) is 0 Å². The summed E-state index contributed by atoms with van der Waals surface area (Å²) in [7, 11) is 0. The molecule has 0 radical (unpaired) electrons. The molecule has 0 aromatic heterocycles. The summed E-state index contributed by atoms with van der Waals surface area (Å²) in [6, 6.07) is 16.4. The third kappa shape index (κ3) is 5.26. The average molecular weight is 322 g/mol. The summed E-state index contributed by atoms with van der Waals surface area (Å²) >= 11 is 12.2. The van der Waals surface area contributed by atoms with Crippen LogP contribution in [0.4, 0.5) is 5.69 Å². The maximum atomic E-state index is 6.08. The van der Waals surface area contributed by atoms with Crippen LogP contribution < -0.4 is 5.32 Å². The van der Waals surface area contributed by atoms with Gasteiger partial charge in [-0.2, -0.15) is 0 Å². The first-order valence-corrected chi connectivity index (χ1v) is 8.22. The van der Waals surface area contributed by atoms with E-state index in [0.717, 1.165) is 12.1 Å². The van der Waals surface area contributed by atoms with Crippen molar-refractivity contribution < 1.29 is 0 Å². The summed E-state index contributed by atoms with van der Waals surface area (Å²) in [4.78, 5) is 0. The normalized spacial score (nSPS) is 12.1. The first kappa shape index (κ1) is 16.2. The standard InChI is InChI=1S/C18H21Cl2N/c1-2-3-5-10-18(14-8-6-4-7-9-14)21-17-12-15(19)11-16(20)13-17/h4,6-9,11-13,18,21H,2-3,5,10H2,1H3. The van der Waals surface area contributed by atoms with Gasteiger partial charge in [0.05, 0.1) is 6.04 Å². The Kier molecular flexibility index (Phi) is 6.41. The lowest BCUT2D eigenvalue weighted by molar-refractivity contribution is 0.606. The average Bonchev–Trinajstić information content (AvgIpc) is 2.46. The monoisotopic (exact) mass is 321 g/mol. The maximum absolute atomic E-state index is 6.08. The lowest BCUT2D eigenvalue weighted by atomic mass is 10.00. The van der Waals surface area contributed by atoms with E-state index < -0.39 is 0 Å². The van der Waals surface area contributed by atoms with Crippen molar-refractivity contribution in [1.29, 1.82) is 0 Å². The fourth-order valence-corrected chi connectivity index (χ4v) is 2.97. The molecule has 21 heavy (non-hydrogen) atoms. The van der Waals surface area contributed by atoms with Crippen LogP contribution in [0.25, 0.3) is 0 Å².